The summed E-state index contributed by atoms with van der Waals surface area (Å²) >= 11 is 0. The molecule has 0 bridgehead atoms. The highest BCUT2D eigenvalue weighted by atomic mass is 16.3. The topological polar surface area (TPSA) is 54.8 Å². The lowest BCUT2D eigenvalue weighted by Gasteiger charge is -2.13. The lowest BCUT2D eigenvalue weighted by molar-refractivity contribution is 0.673. The summed E-state index contributed by atoms with van der Waals surface area (Å²) in [5.41, 5.74) is 13.0. The highest BCUT2D eigenvalue weighted by molar-refractivity contribution is 6.25. The summed E-state index contributed by atoms with van der Waals surface area (Å²) in [6, 6.07) is 63.7. The molecule has 0 spiro atoms. The minimum absolute atomic E-state index is 0.649. The van der Waals surface area contributed by atoms with E-state index in [2.05, 4.69) is 150 Å². The third kappa shape index (κ3) is 4.59. The van der Waals surface area contributed by atoms with Crippen molar-refractivity contribution in [2.45, 2.75) is 0 Å². The van der Waals surface area contributed by atoms with Crippen molar-refractivity contribution >= 4 is 65.4 Å². The fourth-order valence-electron chi connectivity index (χ4n) is 8.27. The van der Waals surface area contributed by atoms with Crippen molar-refractivity contribution in [2.75, 3.05) is 0 Å². The summed E-state index contributed by atoms with van der Waals surface area (Å²) in [5, 5.41) is 17.4. The average Bonchev–Trinajstić information content (AvgIpc) is 3.79. The monoisotopic (exact) mass is 687 g/mol. The van der Waals surface area contributed by atoms with Crippen molar-refractivity contribution in [3.8, 4) is 45.3 Å². The zero-order valence-electron chi connectivity index (χ0n) is 29.0. The van der Waals surface area contributed by atoms with Crippen LogP contribution in [0.5, 0.6) is 0 Å². The molecule has 0 amide bonds. The number of nitrogens with zero attached hydrogens (tertiary/aromatic N) is 3. The van der Waals surface area contributed by atoms with Crippen LogP contribution in [0.15, 0.2) is 180 Å². The van der Waals surface area contributed by atoms with Gasteiger partial charge >= 0.3 is 0 Å². The number of furan rings is 1. The molecule has 0 aliphatic heterocycles. The minimum atomic E-state index is 0.649. The molecule has 0 atom stereocenters. The molecule has 11 aromatic rings. The zero-order chi connectivity index (χ0) is 35.8. The van der Waals surface area contributed by atoms with E-state index in [4.69, 9.17) is 9.40 Å². The Morgan fingerprint density at radius 3 is 1.91 bits per heavy atom. The molecule has 54 heavy (non-hydrogen) atoms. The molecule has 0 unspecified atom stereocenters. The molecule has 0 aliphatic rings. The molecule has 0 aliphatic carbocycles. The van der Waals surface area contributed by atoms with Gasteiger partial charge in [-0.05, 0) is 89.0 Å². The van der Waals surface area contributed by atoms with Crippen LogP contribution in [0.1, 0.15) is 5.56 Å². The van der Waals surface area contributed by atoms with Crippen molar-refractivity contribution in [2.24, 2.45) is 0 Å². The van der Waals surface area contributed by atoms with E-state index in [1.165, 1.54) is 0 Å². The normalized spacial score (nSPS) is 11.7. The molecular weight excluding hydrogens is 659 g/mol. The highest BCUT2D eigenvalue weighted by Gasteiger charge is 2.18. The second kappa shape index (κ2) is 11.8. The van der Waals surface area contributed by atoms with Gasteiger partial charge in [0.1, 0.15) is 11.2 Å². The fraction of sp³-hybridized carbons (Fsp3) is 0. The Bertz CT molecular complexity index is 3330. The standard InChI is InChI=1S/C50H29N3O/c51-30-31-18-24-45-42(26-31)43-28-35(20-25-46(43)53(45)37-14-5-2-6-15-37)33-12-9-13-34(27-33)36-19-21-40-44(29-36)52-49(32-10-3-1-4-11-32)41-23-22-39-38-16-7-8-17-47(38)54-50(39)48(40)41/h1-29H. The quantitative estimate of drug-likeness (QED) is 0.173. The second-order valence-corrected chi connectivity index (χ2v) is 13.8. The van der Waals surface area contributed by atoms with E-state index in [9.17, 15) is 5.26 Å². The van der Waals surface area contributed by atoms with Gasteiger partial charge in [0.05, 0.1) is 33.9 Å². The van der Waals surface area contributed by atoms with E-state index in [1.54, 1.807) is 0 Å². The Balaban J connectivity index is 1.09. The van der Waals surface area contributed by atoms with Gasteiger partial charge in [-0.15, -0.1) is 0 Å². The van der Waals surface area contributed by atoms with E-state index >= 15 is 0 Å². The third-order valence-corrected chi connectivity index (χ3v) is 10.8. The van der Waals surface area contributed by atoms with Gasteiger partial charge in [-0.2, -0.15) is 5.26 Å². The number of aromatic nitrogens is 2. The molecule has 250 valence electrons. The first kappa shape index (κ1) is 30.2. The number of hydrogen-bond donors (Lipinski definition) is 0. The molecule has 0 radical (unpaired) electrons. The number of nitriles is 1. The molecule has 0 fully saturated rings. The van der Waals surface area contributed by atoms with Crippen LogP contribution >= 0.6 is 0 Å². The Kier molecular flexibility index (Phi) is 6.58. The first-order valence-electron chi connectivity index (χ1n) is 18.1. The molecule has 8 aromatic carbocycles. The first-order valence-corrected chi connectivity index (χ1v) is 18.1. The number of fused-ring (bicyclic) bond motifs is 10. The number of benzene rings is 8. The van der Waals surface area contributed by atoms with Crippen LogP contribution < -0.4 is 0 Å². The maximum absolute atomic E-state index is 9.77. The largest absolute Gasteiger partial charge is 0.455 e. The highest BCUT2D eigenvalue weighted by Crippen LogP contribution is 2.42. The van der Waals surface area contributed by atoms with Crippen molar-refractivity contribution in [1.82, 2.24) is 9.55 Å². The van der Waals surface area contributed by atoms with Crippen molar-refractivity contribution in [1.29, 1.82) is 5.26 Å². The van der Waals surface area contributed by atoms with Crippen molar-refractivity contribution < 1.29 is 4.42 Å². The van der Waals surface area contributed by atoms with E-state index in [0.717, 1.165) is 105 Å². The summed E-state index contributed by atoms with van der Waals surface area (Å²) in [7, 11) is 0. The number of rotatable bonds is 4. The maximum atomic E-state index is 9.77. The maximum Gasteiger partial charge on any atom is 0.144 e. The van der Waals surface area contributed by atoms with Gasteiger partial charge in [-0.25, -0.2) is 4.98 Å². The van der Waals surface area contributed by atoms with Crippen LogP contribution in [0, 0.1) is 11.3 Å². The van der Waals surface area contributed by atoms with Gasteiger partial charge in [0, 0.05) is 49.0 Å². The number of para-hydroxylation sites is 2. The fourth-order valence-corrected chi connectivity index (χ4v) is 8.27. The SMILES string of the molecule is N#Cc1ccc2c(c1)c1cc(-c3cccc(-c4ccc5c(c4)nc(-c4ccccc4)c4ccc6c7ccccc7oc6c45)c3)ccc1n2-c1ccccc1. The van der Waals surface area contributed by atoms with Gasteiger partial charge in [0.2, 0.25) is 0 Å². The zero-order valence-corrected chi connectivity index (χ0v) is 29.0. The van der Waals surface area contributed by atoms with E-state index in [-0.39, 0.29) is 0 Å². The van der Waals surface area contributed by atoms with Crippen LogP contribution in [0.25, 0.3) is 105 Å². The molecule has 0 N–H and O–H groups in total. The predicted octanol–water partition coefficient (Wildman–Crippen LogP) is 13.3. The van der Waals surface area contributed by atoms with Gasteiger partial charge in [0.15, 0.2) is 0 Å². The Labute approximate surface area is 310 Å². The molecular formula is C50H29N3O. The lowest BCUT2D eigenvalue weighted by atomic mass is 9.94. The lowest BCUT2D eigenvalue weighted by Crippen LogP contribution is -1.93. The van der Waals surface area contributed by atoms with Crippen LogP contribution in [0.3, 0.4) is 0 Å². The van der Waals surface area contributed by atoms with Crippen LogP contribution in [-0.4, -0.2) is 9.55 Å². The first-order chi connectivity index (χ1) is 26.7. The van der Waals surface area contributed by atoms with Gasteiger partial charge < -0.3 is 8.98 Å². The van der Waals surface area contributed by atoms with Gasteiger partial charge in [0.25, 0.3) is 0 Å². The summed E-state index contributed by atoms with van der Waals surface area (Å²) in [6.45, 7) is 0. The predicted molar refractivity (Wildman–Crippen MR) is 222 cm³/mol. The molecule has 4 heteroatoms. The molecule has 3 aromatic heterocycles. The van der Waals surface area contributed by atoms with Crippen LogP contribution in [0.4, 0.5) is 0 Å². The van der Waals surface area contributed by atoms with E-state index in [1.807, 2.05) is 36.4 Å². The van der Waals surface area contributed by atoms with Gasteiger partial charge in [-0.1, -0.05) is 109 Å². The van der Waals surface area contributed by atoms with Gasteiger partial charge in [-0.3, -0.25) is 0 Å². The minimum Gasteiger partial charge on any atom is -0.455 e. The van der Waals surface area contributed by atoms with Crippen molar-refractivity contribution in [3.05, 3.63) is 181 Å². The summed E-state index contributed by atoms with van der Waals surface area (Å²) in [6.07, 6.45) is 0. The van der Waals surface area contributed by atoms with Crippen molar-refractivity contribution in [3.63, 3.8) is 0 Å². The summed E-state index contributed by atoms with van der Waals surface area (Å²) in [5.74, 6) is 0. The van der Waals surface area contributed by atoms with E-state index < -0.39 is 0 Å². The molecule has 0 saturated heterocycles. The van der Waals surface area contributed by atoms with E-state index in [0.29, 0.717) is 5.56 Å². The van der Waals surface area contributed by atoms with Crippen LogP contribution in [0.2, 0.25) is 0 Å². The second-order valence-electron chi connectivity index (χ2n) is 13.8. The average molecular weight is 688 g/mol. The molecule has 0 saturated carbocycles. The Morgan fingerprint density at radius 1 is 0.463 bits per heavy atom. The third-order valence-electron chi connectivity index (χ3n) is 10.8. The van der Waals surface area contributed by atoms with Crippen LogP contribution in [-0.2, 0) is 0 Å². The smallest absolute Gasteiger partial charge is 0.144 e. The summed E-state index contributed by atoms with van der Waals surface area (Å²) < 4.78 is 8.87. The molecule has 11 rings (SSSR count). The Morgan fingerprint density at radius 2 is 1.09 bits per heavy atom. The Hall–Kier alpha value is -7.48. The molecule has 4 nitrogen and oxygen atoms in total. The summed E-state index contributed by atoms with van der Waals surface area (Å²) in [4.78, 5) is 5.34. The number of hydrogen-bond acceptors (Lipinski definition) is 3. The number of pyridine rings is 1. The molecule has 3 heterocycles.